The van der Waals surface area contributed by atoms with Crippen LogP contribution in [0, 0.1) is 11.8 Å². The molecule has 0 saturated heterocycles. The highest BCUT2D eigenvalue weighted by Crippen LogP contribution is 2.31. The Kier molecular flexibility index (Phi) is 3.48. The Bertz CT molecular complexity index is 172. The van der Waals surface area contributed by atoms with Crippen molar-refractivity contribution in [2.45, 2.75) is 70.9 Å². The smallest absolute Gasteiger partial charge is 0.00988 e. The third-order valence-corrected chi connectivity index (χ3v) is 4.02. The fourth-order valence-corrected chi connectivity index (χ4v) is 2.91. The zero-order valence-corrected chi connectivity index (χ0v) is 9.76. The highest BCUT2D eigenvalue weighted by atomic mass is 15.0. The molecule has 14 heavy (non-hydrogen) atoms. The third kappa shape index (κ3) is 2.98. The molecule has 3 unspecified atom stereocenters. The van der Waals surface area contributed by atoms with E-state index in [0.29, 0.717) is 0 Å². The van der Waals surface area contributed by atoms with E-state index in [-0.39, 0.29) is 0 Å². The first kappa shape index (κ1) is 10.5. The first-order chi connectivity index (χ1) is 6.75. The minimum atomic E-state index is 0.757. The van der Waals surface area contributed by atoms with E-state index in [1.165, 1.54) is 44.9 Å². The van der Waals surface area contributed by atoms with Crippen molar-refractivity contribution in [2.24, 2.45) is 11.8 Å². The molecule has 0 aromatic rings. The first-order valence-electron chi connectivity index (χ1n) is 6.51. The molecule has 2 rings (SSSR count). The Balaban J connectivity index is 1.63. The average Bonchev–Trinajstić information content (AvgIpc) is 2.83. The van der Waals surface area contributed by atoms with E-state index in [0.717, 1.165) is 23.9 Å². The fourth-order valence-electron chi connectivity index (χ4n) is 2.91. The van der Waals surface area contributed by atoms with Gasteiger partial charge in [-0.2, -0.15) is 0 Å². The molecule has 1 N–H and O–H groups in total. The van der Waals surface area contributed by atoms with Crippen LogP contribution in [0.2, 0.25) is 0 Å². The quantitative estimate of drug-likeness (QED) is 0.725. The second-order valence-electron chi connectivity index (χ2n) is 5.63. The monoisotopic (exact) mass is 195 g/mol. The summed E-state index contributed by atoms with van der Waals surface area (Å²) in [5, 5.41) is 3.75. The highest BCUT2D eigenvalue weighted by molar-refractivity contribution is 4.91. The molecular weight excluding hydrogens is 170 g/mol. The van der Waals surface area contributed by atoms with Crippen molar-refractivity contribution in [3.63, 3.8) is 0 Å². The van der Waals surface area contributed by atoms with Gasteiger partial charge in [0.1, 0.15) is 0 Å². The molecule has 1 heteroatoms. The van der Waals surface area contributed by atoms with Crippen molar-refractivity contribution in [3.05, 3.63) is 0 Å². The summed E-state index contributed by atoms with van der Waals surface area (Å²) in [6, 6.07) is 1.61. The molecule has 0 heterocycles. The maximum Gasteiger partial charge on any atom is 0.00988 e. The molecule has 0 bridgehead atoms. The van der Waals surface area contributed by atoms with Crippen LogP contribution < -0.4 is 5.32 Å². The van der Waals surface area contributed by atoms with Crippen LogP contribution in [-0.2, 0) is 0 Å². The molecule has 2 aliphatic rings. The molecule has 0 aromatic heterocycles. The van der Waals surface area contributed by atoms with Crippen LogP contribution in [0.4, 0.5) is 0 Å². The minimum absolute atomic E-state index is 0.757. The summed E-state index contributed by atoms with van der Waals surface area (Å²) in [5.74, 6) is 1.98. The lowest BCUT2D eigenvalue weighted by molar-refractivity contribution is 0.303. The molecule has 2 aliphatic carbocycles. The van der Waals surface area contributed by atoms with Crippen LogP contribution in [0.15, 0.2) is 0 Å². The van der Waals surface area contributed by atoms with Crippen LogP contribution in [0.3, 0.4) is 0 Å². The summed E-state index contributed by atoms with van der Waals surface area (Å²) < 4.78 is 0. The van der Waals surface area contributed by atoms with Crippen molar-refractivity contribution >= 4 is 0 Å². The topological polar surface area (TPSA) is 12.0 Å². The SMILES string of the molecule is CC(CC1CCCCC1)NC1CC1C. The Morgan fingerprint density at radius 1 is 1.21 bits per heavy atom. The summed E-state index contributed by atoms with van der Waals surface area (Å²) in [5.41, 5.74) is 0. The van der Waals surface area contributed by atoms with Gasteiger partial charge in [-0.25, -0.2) is 0 Å². The van der Waals surface area contributed by atoms with Crippen LogP contribution in [-0.4, -0.2) is 12.1 Å². The number of hydrogen-bond donors (Lipinski definition) is 1. The van der Waals surface area contributed by atoms with Crippen LogP contribution in [0.5, 0.6) is 0 Å². The van der Waals surface area contributed by atoms with Gasteiger partial charge in [-0.05, 0) is 31.6 Å². The van der Waals surface area contributed by atoms with Gasteiger partial charge in [0.15, 0.2) is 0 Å². The lowest BCUT2D eigenvalue weighted by atomic mass is 9.85. The van der Waals surface area contributed by atoms with Gasteiger partial charge in [0.05, 0.1) is 0 Å². The van der Waals surface area contributed by atoms with E-state index in [9.17, 15) is 0 Å². The Labute approximate surface area is 88.7 Å². The van der Waals surface area contributed by atoms with Gasteiger partial charge in [0, 0.05) is 12.1 Å². The van der Waals surface area contributed by atoms with Gasteiger partial charge >= 0.3 is 0 Å². The van der Waals surface area contributed by atoms with E-state index in [2.05, 4.69) is 19.2 Å². The van der Waals surface area contributed by atoms with Gasteiger partial charge in [0.2, 0.25) is 0 Å². The number of nitrogens with one attached hydrogen (secondary N) is 1. The Hall–Kier alpha value is -0.0400. The van der Waals surface area contributed by atoms with Crippen molar-refractivity contribution in [1.82, 2.24) is 5.32 Å². The zero-order valence-electron chi connectivity index (χ0n) is 9.76. The lowest BCUT2D eigenvalue weighted by Crippen LogP contribution is -2.31. The van der Waals surface area contributed by atoms with Crippen molar-refractivity contribution in [1.29, 1.82) is 0 Å². The van der Waals surface area contributed by atoms with E-state index >= 15 is 0 Å². The number of hydrogen-bond acceptors (Lipinski definition) is 1. The second-order valence-corrected chi connectivity index (χ2v) is 5.63. The number of rotatable bonds is 4. The van der Waals surface area contributed by atoms with E-state index in [1.54, 1.807) is 0 Å². The summed E-state index contributed by atoms with van der Waals surface area (Å²) in [6.45, 7) is 4.73. The lowest BCUT2D eigenvalue weighted by Gasteiger charge is -2.25. The minimum Gasteiger partial charge on any atom is -0.311 e. The largest absolute Gasteiger partial charge is 0.311 e. The maximum absolute atomic E-state index is 3.75. The van der Waals surface area contributed by atoms with Crippen LogP contribution in [0.25, 0.3) is 0 Å². The molecule has 1 nitrogen and oxygen atoms in total. The van der Waals surface area contributed by atoms with Gasteiger partial charge in [-0.15, -0.1) is 0 Å². The third-order valence-electron chi connectivity index (χ3n) is 4.02. The molecule has 2 saturated carbocycles. The summed E-state index contributed by atoms with van der Waals surface area (Å²) in [6.07, 6.45) is 10.3. The van der Waals surface area contributed by atoms with Crippen LogP contribution in [0.1, 0.15) is 58.8 Å². The summed E-state index contributed by atoms with van der Waals surface area (Å²) >= 11 is 0. The molecule has 3 atom stereocenters. The Morgan fingerprint density at radius 2 is 1.86 bits per heavy atom. The van der Waals surface area contributed by atoms with Crippen molar-refractivity contribution in [3.8, 4) is 0 Å². The molecule has 0 spiro atoms. The predicted octanol–water partition coefficient (Wildman–Crippen LogP) is 3.34. The van der Waals surface area contributed by atoms with E-state index in [1.807, 2.05) is 0 Å². The van der Waals surface area contributed by atoms with Gasteiger partial charge in [-0.3, -0.25) is 0 Å². The summed E-state index contributed by atoms with van der Waals surface area (Å²) in [4.78, 5) is 0. The molecule has 82 valence electrons. The standard InChI is InChI=1S/C13H25N/c1-10-8-13(10)14-11(2)9-12-6-4-3-5-7-12/h10-14H,3-9H2,1-2H3. The molecule has 2 fully saturated rings. The average molecular weight is 195 g/mol. The fraction of sp³-hybridized carbons (Fsp3) is 1.00. The van der Waals surface area contributed by atoms with Crippen LogP contribution >= 0.6 is 0 Å². The van der Waals surface area contributed by atoms with E-state index < -0.39 is 0 Å². The first-order valence-corrected chi connectivity index (χ1v) is 6.51. The van der Waals surface area contributed by atoms with Crippen molar-refractivity contribution in [2.75, 3.05) is 0 Å². The molecule has 0 radical (unpaired) electrons. The zero-order chi connectivity index (χ0) is 9.97. The molecule has 0 aliphatic heterocycles. The van der Waals surface area contributed by atoms with E-state index in [4.69, 9.17) is 0 Å². The molecule has 0 amide bonds. The molecule has 0 aromatic carbocycles. The predicted molar refractivity (Wildman–Crippen MR) is 61.4 cm³/mol. The van der Waals surface area contributed by atoms with Crippen molar-refractivity contribution < 1.29 is 0 Å². The highest BCUT2D eigenvalue weighted by Gasteiger charge is 2.33. The normalized spacial score (nSPS) is 35.6. The van der Waals surface area contributed by atoms with Gasteiger partial charge in [0.25, 0.3) is 0 Å². The second kappa shape index (κ2) is 4.65. The molecular formula is C13H25N. The maximum atomic E-state index is 3.75. The van der Waals surface area contributed by atoms with Gasteiger partial charge < -0.3 is 5.32 Å². The van der Waals surface area contributed by atoms with Gasteiger partial charge in [-0.1, -0.05) is 39.0 Å². The summed E-state index contributed by atoms with van der Waals surface area (Å²) in [7, 11) is 0. The Morgan fingerprint density at radius 3 is 2.43 bits per heavy atom.